The van der Waals surface area contributed by atoms with Gasteiger partial charge in [-0.25, -0.2) is 9.78 Å². The minimum absolute atomic E-state index is 0.399. The third-order valence-corrected chi connectivity index (χ3v) is 4.06. The average Bonchev–Trinajstić information content (AvgIpc) is 3.09. The van der Waals surface area contributed by atoms with Crippen LogP contribution in [0, 0.1) is 0 Å². The first kappa shape index (κ1) is 15.1. The summed E-state index contributed by atoms with van der Waals surface area (Å²) in [5, 5.41) is 0.802. The van der Waals surface area contributed by atoms with Crippen LogP contribution in [-0.2, 0) is 9.53 Å². The van der Waals surface area contributed by atoms with Gasteiger partial charge in [-0.05, 0) is 35.9 Å². The Morgan fingerprint density at radius 1 is 1.13 bits per heavy atom. The number of carbonyl (C=O) groups excluding carboxylic acids is 1. The van der Waals surface area contributed by atoms with Gasteiger partial charge in [-0.1, -0.05) is 6.07 Å². The van der Waals surface area contributed by atoms with E-state index < -0.39 is 5.97 Å². The highest BCUT2D eigenvalue weighted by atomic mass is 32.1. The maximum absolute atomic E-state index is 12.1. The number of hydrogen-bond donors (Lipinski definition) is 0. The van der Waals surface area contributed by atoms with Gasteiger partial charge in [0.15, 0.2) is 0 Å². The molecule has 0 aliphatic carbocycles. The van der Waals surface area contributed by atoms with Gasteiger partial charge in [0, 0.05) is 29.7 Å². The van der Waals surface area contributed by atoms with Crippen molar-refractivity contribution in [2.45, 2.75) is 0 Å². The van der Waals surface area contributed by atoms with Crippen molar-refractivity contribution >= 4 is 29.0 Å². The molecule has 0 fully saturated rings. The van der Waals surface area contributed by atoms with Crippen LogP contribution >= 0.6 is 11.3 Å². The number of ether oxygens (including phenoxy) is 1. The highest BCUT2D eigenvalue weighted by Gasteiger charge is 2.13. The molecule has 114 valence electrons. The Balaban J connectivity index is 1.98. The molecule has 6 heteroatoms. The van der Waals surface area contributed by atoms with Crippen LogP contribution in [0.1, 0.15) is 10.4 Å². The lowest BCUT2D eigenvalue weighted by molar-refractivity contribution is -0.133. The van der Waals surface area contributed by atoms with Crippen molar-refractivity contribution in [2.24, 2.45) is 0 Å². The summed E-state index contributed by atoms with van der Waals surface area (Å²) >= 11 is 1.46. The minimum Gasteiger partial charge on any atom is -0.465 e. The molecule has 3 aromatic rings. The summed E-state index contributed by atoms with van der Waals surface area (Å²) in [5.74, 6) is -0.399. The predicted octanol–water partition coefficient (Wildman–Crippen LogP) is 3.31. The molecule has 23 heavy (non-hydrogen) atoms. The van der Waals surface area contributed by atoms with Crippen molar-refractivity contribution < 1.29 is 9.53 Å². The fourth-order valence-electron chi connectivity index (χ4n) is 2.00. The van der Waals surface area contributed by atoms with Gasteiger partial charge in [-0.3, -0.25) is 9.97 Å². The maximum Gasteiger partial charge on any atom is 0.338 e. The van der Waals surface area contributed by atoms with Crippen LogP contribution in [0.4, 0.5) is 0 Å². The number of esters is 1. The van der Waals surface area contributed by atoms with Gasteiger partial charge in [-0.2, -0.15) is 0 Å². The summed E-state index contributed by atoms with van der Waals surface area (Å²) in [6, 6.07) is 9.20. The zero-order valence-electron chi connectivity index (χ0n) is 12.3. The number of methoxy groups -OCH3 is 1. The lowest BCUT2D eigenvalue weighted by Crippen LogP contribution is -2.03. The van der Waals surface area contributed by atoms with Gasteiger partial charge in [-0.15, -0.1) is 11.3 Å². The summed E-state index contributed by atoms with van der Waals surface area (Å²) in [6.07, 6.45) is 8.49. The summed E-state index contributed by atoms with van der Waals surface area (Å²) < 4.78 is 4.87. The Bertz CT molecular complexity index is 829. The van der Waals surface area contributed by atoms with Crippen molar-refractivity contribution in [3.8, 4) is 10.7 Å². The van der Waals surface area contributed by atoms with Gasteiger partial charge in [0.25, 0.3) is 0 Å². The van der Waals surface area contributed by atoms with Crippen LogP contribution in [0.5, 0.6) is 0 Å². The van der Waals surface area contributed by atoms with Crippen molar-refractivity contribution in [1.29, 1.82) is 0 Å². The molecule has 3 rings (SSSR count). The van der Waals surface area contributed by atoms with Crippen LogP contribution in [-0.4, -0.2) is 28.0 Å². The second kappa shape index (κ2) is 6.93. The zero-order chi connectivity index (χ0) is 16.1. The molecule has 3 aromatic heterocycles. The van der Waals surface area contributed by atoms with Crippen molar-refractivity contribution in [3.63, 3.8) is 0 Å². The number of nitrogens with zero attached hydrogens (tertiary/aromatic N) is 3. The molecule has 0 radical (unpaired) electrons. The number of aromatic nitrogens is 3. The van der Waals surface area contributed by atoms with E-state index in [1.54, 1.807) is 43.0 Å². The molecule has 3 heterocycles. The summed E-state index contributed by atoms with van der Waals surface area (Å²) in [5.41, 5.74) is 2.02. The second-order valence-corrected chi connectivity index (χ2v) is 5.63. The number of carbonyl (C=O) groups is 1. The molecule has 0 N–H and O–H groups in total. The predicted molar refractivity (Wildman–Crippen MR) is 89.5 cm³/mol. The molecular formula is C17H13N3O2S. The van der Waals surface area contributed by atoms with E-state index in [-0.39, 0.29) is 0 Å². The first-order valence-electron chi connectivity index (χ1n) is 6.85. The first-order chi connectivity index (χ1) is 11.3. The van der Waals surface area contributed by atoms with E-state index in [2.05, 4.69) is 15.0 Å². The normalized spacial score (nSPS) is 11.3. The Labute approximate surface area is 137 Å². The van der Waals surface area contributed by atoms with E-state index >= 15 is 0 Å². The van der Waals surface area contributed by atoms with Gasteiger partial charge in [0.1, 0.15) is 5.01 Å². The topological polar surface area (TPSA) is 65.0 Å². The molecule has 0 aromatic carbocycles. The number of pyridine rings is 2. The number of hydrogen-bond acceptors (Lipinski definition) is 6. The molecular weight excluding hydrogens is 310 g/mol. The molecule has 0 atom stereocenters. The quantitative estimate of drug-likeness (QED) is 0.544. The molecule has 0 spiro atoms. The molecule has 0 bridgehead atoms. The smallest absolute Gasteiger partial charge is 0.338 e. The molecule has 0 amide bonds. The molecule has 0 aliphatic heterocycles. The molecule has 5 nitrogen and oxygen atoms in total. The largest absolute Gasteiger partial charge is 0.465 e. The SMILES string of the molecule is COC(=O)/C(=C/c1cnc(-c2ccccn2)s1)c1ccncc1. The minimum atomic E-state index is -0.399. The summed E-state index contributed by atoms with van der Waals surface area (Å²) in [4.78, 5) is 25.5. The summed E-state index contributed by atoms with van der Waals surface area (Å²) in [6.45, 7) is 0. The Morgan fingerprint density at radius 2 is 1.96 bits per heavy atom. The molecule has 0 unspecified atom stereocenters. The number of thiazole rings is 1. The standard InChI is InChI=1S/C17H13N3O2S/c1-22-17(21)14(12-5-8-18-9-6-12)10-13-11-20-16(23-13)15-4-2-3-7-19-15/h2-11H,1H3/b14-10+. The second-order valence-electron chi connectivity index (χ2n) is 4.57. The van der Waals surface area contributed by atoms with Crippen LogP contribution < -0.4 is 0 Å². The Hall–Kier alpha value is -2.86. The fraction of sp³-hybridized carbons (Fsp3) is 0.0588. The van der Waals surface area contributed by atoms with Gasteiger partial charge in [0.05, 0.1) is 18.4 Å². The Morgan fingerprint density at radius 3 is 2.65 bits per heavy atom. The van der Waals surface area contributed by atoms with Gasteiger partial charge < -0.3 is 4.74 Å². The van der Waals surface area contributed by atoms with E-state index in [1.165, 1.54) is 18.4 Å². The Kier molecular flexibility index (Phi) is 4.54. The van der Waals surface area contributed by atoms with Gasteiger partial charge >= 0.3 is 5.97 Å². The van der Waals surface area contributed by atoms with E-state index in [9.17, 15) is 4.79 Å². The van der Waals surface area contributed by atoms with E-state index in [0.717, 1.165) is 21.1 Å². The first-order valence-corrected chi connectivity index (χ1v) is 7.67. The maximum atomic E-state index is 12.1. The molecule has 0 saturated carbocycles. The lowest BCUT2D eigenvalue weighted by Gasteiger charge is -2.04. The highest BCUT2D eigenvalue weighted by molar-refractivity contribution is 7.15. The zero-order valence-corrected chi connectivity index (χ0v) is 13.2. The van der Waals surface area contributed by atoms with Crippen LogP contribution in [0.3, 0.4) is 0 Å². The van der Waals surface area contributed by atoms with Crippen molar-refractivity contribution in [2.75, 3.05) is 7.11 Å². The number of rotatable bonds is 4. The van der Waals surface area contributed by atoms with Crippen molar-refractivity contribution in [3.05, 3.63) is 65.6 Å². The monoisotopic (exact) mass is 323 g/mol. The van der Waals surface area contributed by atoms with E-state index in [0.29, 0.717) is 5.57 Å². The molecule has 0 aliphatic rings. The van der Waals surface area contributed by atoms with Crippen LogP contribution in [0.15, 0.2) is 55.1 Å². The van der Waals surface area contributed by atoms with Crippen LogP contribution in [0.2, 0.25) is 0 Å². The third kappa shape index (κ3) is 3.49. The van der Waals surface area contributed by atoms with Crippen molar-refractivity contribution in [1.82, 2.24) is 15.0 Å². The average molecular weight is 323 g/mol. The fourth-order valence-corrected chi connectivity index (χ4v) is 2.84. The third-order valence-electron chi connectivity index (χ3n) is 3.09. The lowest BCUT2D eigenvalue weighted by atomic mass is 10.1. The van der Waals surface area contributed by atoms with Crippen LogP contribution in [0.25, 0.3) is 22.4 Å². The van der Waals surface area contributed by atoms with Gasteiger partial charge in [0.2, 0.25) is 0 Å². The highest BCUT2D eigenvalue weighted by Crippen LogP contribution is 2.27. The molecule has 0 saturated heterocycles. The van der Waals surface area contributed by atoms with E-state index in [1.807, 2.05) is 18.2 Å². The summed E-state index contributed by atoms with van der Waals surface area (Å²) in [7, 11) is 1.36. The van der Waals surface area contributed by atoms with E-state index in [4.69, 9.17) is 4.74 Å².